The Hall–Kier alpha value is -2.11. The fourth-order valence-corrected chi connectivity index (χ4v) is 4.74. The SMILES string of the molecule is C[C@@H](C(=O)NCCc1c[nH]c2ccccc12)N1CCC[C@@H]1c1ccsc1. The number of carbonyl (C=O) groups excluding carboxylic acids is 1. The van der Waals surface area contributed by atoms with E-state index in [2.05, 4.69) is 50.2 Å². The first kappa shape index (κ1) is 17.3. The van der Waals surface area contributed by atoms with Gasteiger partial charge in [0.1, 0.15) is 0 Å². The van der Waals surface area contributed by atoms with Crippen molar-refractivity contribution in [2.75, 3.05) is 13.1 Å². The molecule has 3 aromatic rings. The number of amides is 1. The van der Waals surface area contributed by atoms with Gasteiger partial charge in [0.2, 0.25) is 5.91 Å². The van der Waals surface area contributed by atoms with E-state index in [0.717, 1.165) is 31.3 Å². The number of fused-ring (bicyclic) bond motifs is 1. The van der Waals surface area contributed by atoms with Crippen LogP contribution in [-0.4, -0.2) is 34.9 Å². The monoisotopic (exact) mass is 367 g/mol. The number of thiophene rings is 1. The van der Waals surface area contributed by atoms with Crippen molar-refractivity contribution in [1.82, 2.24) is 15.2 Å². The maximum absolute atomic E-state index is 12.7. The van der Waals surface area contributed by atoms with Crippen molar-refractivity contribution < 1.29 is 4.79 Å². The van der Waals surface area contributed by atoms with Crippen LogP contribution in [-0.2, 0) is 11.2 Å². The van der Waals surface area contributed by atoms with Gasteiger partial charge in [0.15, 0.2) is 0 Å². The van der Waals surface area contributed by atoms with E-state index in [1.54, 1.807) is 11.3 Å². The van der Waals surface area contributed by atoms with Crippen LogP contribution in [0.3, 0.4) is 0 Å². The first-order chi connectivity index (χ1) is 12.7. The van der Waals surface area contributed by atoms with E-state index in [1.807, 2.05) is 19.2 Å². The second kappa shape index (κ2) is 7.64. The molecule has 0 spiro atoms. The van der Waals surface area contributed by atoms with Gasteiger partial charge in [0.25, 0.3) is 0 Å². The first-order valence-electron chi connectivity index (χ1n) is 9.34. The quantitative estimate of drug-likeness (QED) is 0.689. The van der Waals surface area contributed by atoms with Crippen molar-refractivity contribution in [1.29, 1.82) is 0 Å². The van der Waals surface area contributed by atoms with Crippen LogP contribution in [0, 0.1) is 0 Å². The predicted octanol–water partition coefficient (Wildman–Crippen LogP) is 4.11. The maximum atomic E-state index is 12.7. The molecule has 3 heterocycles. The molecular weight excluding hydrogens is 342 g/mol. The van der Waals surface area contributed by atoms with Crippen molar-refractivity contribution in [3.8, 4) is 0 Å². The Morgan fingerprint density at radius 2 is 2.27 bits per heavy atom. The zero-order valence-corrected chi connectivity index (χ0v) is 15.9. The molecule has 2 N–H and O–H groups in total. The van der Waals surface area contributed by atoms with Gasteiger partial charge in [0.05, 0.1) is 6.04 Å². The van der Waals surface area contributed by atoms with Crippen LogP contribution in [0.1, 0.15) is 36.9 Å². The Morgan fingerprint density at radius 1 is 1.38 bits per heavy atom. The van der Waals surface area contributed by atoms with Gasteiger partial charge in [0, 0.05) is 29.7 Å². The molecule has 0 radical (unpaired) electrons. The first-order valence-corrected chi connectivity index (χ1v) is 10.3. The molecule has 4 rings (SSSR count). The molecule has 1 aliphatic heterocycles. The van der Waals surface area contributed by atoms with Crippen molar-refractivity contribution >= 4 is 28.1 Å². The number of aromatic amines is 1. The number of hydrogen-bond acceptors (Lipinski definition) is 3. The number of hydrogen-bond donors (Lipinski definition) is 2. The lowest BCUT2D eigenvalue weighted by Gasteiger charge is -2.29. The molecule has 5 heteroatoms. The van der Waals surface area contributed by atoms with Gasteiger partial charge in [-0.2, -0.15) is 11.3 Å². The summed E-state index contributed by atoms with van der Waals surface area (Å²) in [7, 11) is 0. The van der Waals surface area contributed by atoms with Gasteiger partial charge < -0.3 is 10.3 Å². The molecule has 1 saturated heterocycles. The molecule has 0 aliphatic carbocycles. The number of likely N-dealkylation sites (tertiary alicyclic amines) is 1. The summed E-state index contributed by atoms with van der Waals surface area (Å²) in [6.07, 6.45) is 5.20. The van der Waals surface area contributed by atoms with Gasteiger partial charge >= 0.3 is 0 Å². The van der Waals surface area contributed by atoms with E-state index < -0.39 is 0 Å². The minimum Gasteiger partial charge on any atom is -0.361 e. The third-order valence-corrected chi connectivity index (χ3v) is 6.17. The molecule has 1 amide bonds. The van der Waals surface area contributed by atoms with Gasteiger partial charge in [-0.05, 0) is 66.8 Å². The molecule has 1 fully saturated rings. The average molecular weight is 368 g/mol. The molecule has 26 heavy (non-hydrogen) atoms. The smallest absolute Gasteiger partial charge is 0.237 e. The van der Waals surface area contributed by atoms with Gasteiger partial charge in [-0.25, -0.2) is 0 Å². The number of aromatic nitrogens is 1. The number of carbonyl (C=O) groups is 1. The number of benzene rings is 1. The lowest BCUT2D eigenvalue weighted by atomic mass is 10.1. The second-order valence-electron chi connectivity index (χ2n) is 7.03. The van der Waals surface area contributed by atoms with E-state index in [0.29, 0.717) is 12.6 Å². The highest BCUT2D eigenvalue weighted by molar-refractivity contribution is 7.07. The number of rotatable bonds is 6. The average Bonchev–Trinajstić information content (AvgIpc) is 3.40. The maximum Gasteiger partial charge on any atom is 0.237 e. The molecule has 0 unspecified atom stereocenters. The zero-order valence-electron chi connectivity index (χ0n) is 15.1. The summed E-state index contributed by atoms with van der Waals surface area (Å²) in [6, 6.07) is 10.8. The second-order valence-corrected chi connectivity index (χ2v) is 7.81. The summed E-state index contributed by atoms with van der Waals surface area (Å²) in [6.45, 7) is 3.70. The summed E-state index contributed by atoms with van der Waals surface area (Å²) in [5.74, 6) is 0.131. The van der Waals surface area contributed by atoms with Crippen molar-refractivity contribution in [3.63, 3.8) is 0 Å². The fourth-order valence-electron chi connectivity index (χ4n) is 4.03. The molecule has 0 bridgehead atoms. The Balaban J connectivity index is 1.34. The minimum absolute atomic E-state index is 0.0923. The number of para-hydroxylation sites is 1. The topological polar surface area (TPSA) is 48.1 Å². The van der Waals surface area contributed by atoms with E-state index in [1.165, 1.54) is 16.5 Å². The zero-order chi connectivity index (χ0) is 17.9. The van der Waals surface area contributed by atoms with Crippen molar-refractivity contribution in [3.05, 3.63) is 58.4 Å². The van der Waals surface area contributed by atoms with Crippen LogP contribution < -0.4 is 5.32 Å². The van der Waals surface area contributed by atoms with Crippen LogP contribution in [0.5, 0.6) is 0 Å². The molecule has 0 saturated carbocycles. The van der Waals surface area contributed by atoms with Crippen LogP contribution >= 0.6 is 11.3 Å². The van der Waals surface area contributed by atoms with E-state index in [-0.39, 0.29) is 11.9 Å². The normalized spacial score (nSPS) is 19.0. The molecule has 1 aromatic carbocycles. The van der Waals surface area contributed by atoms with Gasteiger partial charge in [-0.3, -0.25) is 9.69 Å². The summed E-state index contributed by atoms with van der Waals surface area (Å²) in [4.78, 5) is 18.3. The van der Waals surface area contributed by atoms with Crippen LogP contribution in [0.15, 0.2) is 47.3 Å². The highest BCUT2D eigenvalue weighted by Gasteiger charge is 2.32. The molecule has 1 aliphatic rings. The van der Waals surface area contributed by atoms with E-state index >= 15 is 0 Å². The lowest BCUT2D eigenvalue weighted by Crippen LogP contribution is -2.45. The number of H-pyrrole nitrogens is 1. The molecule has 2 aromatic heterocycles. The van der Waals surface area contributed by atoms with Gasteiger partial charge in [-0.1, -0.05) is 18.2 Å². The highest BCUT2D eigenvalue weighted by atomic mass is 32.1. The standard InChI is InChI=1S/C21H25N3OS/c1-15(24-11-4-7-20(24)17-9-12-26-14-17)21(25)22-10-8-16-13-23-19-6-3-2-5-18(16)19/h2-3,5-6,9,12-15,20,23H,4,7-8,10-11H2,1H3,(H,22,25)/t15-,20+/m0/s1. The largest absolute Gasteiger partial charge is 0.361 e. The van der Waals surface area contributed by atoms with E-state index in [4.69, 9.17) is 0 Å². The third-order valence-electron chi connectivity index (χ3n) is 5.47. The molecular formula is C21H25N3OS. The summed E-state index contributed by atoms with van der Waals surface area (Å²) < 4.78 is 0. The Labute approximate surface area is 158 Å². The number of nitrogens with one attached hydrogen (secondary N) is 2. The van der Waals surface area contributed by atoms with Crippen LogP contribution in [0.4, 0.5) is 0 Å². The Bertz CT molecular complexity index is 870. The highest BCUT2D eigenvalue weighted by Crippen LogP contribution is 2.34. The van der Waals surface area contributed by atoms with Crippen LogP contribution in [0.25, 0.3) is 10.9 Å². The predicted molar refractivity (Wildman–Crippen MR) is 107 cm³/mol. The summed E-state index contributed by atoms with van der Waals surface area (Å²) in [5, 5.41) is 8.71. The Morgan fingerprint density at radius 3 is 3.12 bits per heavy atom. The third kappa shape index (κ3) is 3.41. The lowest BCUT2D eigenvalue weighted by molar-refractivity contribution is -0.126. The summed E-state index contributed by atoms with van der Waals surface area (Å²) in [5.41, 5.74) is 3.76. The van der Waals surface area contributed by atoms with E-state index in [9.17, 15) is 4.79 Å². The van der Waals surface area contributed by atoms with Crippen molar-refractivity contribution in [2.24, 2.45) is 0 Å². The van der Waals surface area contributed by atoms with Crippen molar-refractivity contribution in [2.45, 2.75) is 38.3 Å². The van der Waals surface area contributed by atoms with Gasteiger partial charge in [-0.15, -0.1) is 0 Å². The fraction of sp³-hybridized carbons (Fsp3) is 0.381. The number of nitrogens with zero attached hydrogens (tertiary/aromatic N) is 1. The summed E-state index contributed by atoms with van der Waals surface area (Å²) >= 11 is 1.73. The Kier molecular flexibility index (Phi) is 5.09. The van der Waals surface area contributed by atoms with Crippen LogP contribution in [0.2, 0.25) is 0 Å². The molecule has 2 atom stereocenters. The molecule has 4 nitrogen and oxygen atoms in total. The molecule has 136 valence electrons. The minimum atomic E-state index is -0.0923.